The smallest absolute Gasteiger partial charge is 0.274 e. The maximum atomic E-state index is 12.1. The second kappa shape index (κ2) is 6.52. The Morgan fingerprint density at radius 2 is 2.15 bits per heavy atom. The first kappa shape index (κ1) is 14.5. The van der Waals surface area contributed by atoms with E-state index in [1.54, 1.807) is 18.2 Å². The first-order chi connectivity index (χ1) is 9.60. The maximum absolute atomic E-state index is 12.1. The van der Waals surface area contributed by atoms with Gasteiger partial charge in [0.25, 0.3) is 5.91 Å². The third-order valence-corrected chi connectivity index (χ3v) is 3.15. The van der Waals surface area contributed by atoms with Crippen molar-refractivity contribution in [2.24, 2.45) is 0 Å². The summed E-state index contributed by atoms with van der Waals surface area (Å²) < 4.78 is 6.05. The van der Waals surface area contributed by atoms with E-state index in [0.717, 1.165) is 17.0 Å². The largest absolute Gasteiger partial charge is 0.494 e. The molecule has 0 saturated heterocycles. The zero-order chi connectivity index (χ0) is 14.5. The normalized spacial score (nSPS) is 10.2. The molecule has 2 aromatic rings. The zero-order valence-electron chi connectivity index (χ0n) is 11.3. The molecule has 0 aliphatic rings. The summed E-state index contributed by atoms with van der Waals surface area (Å²) in [7, 11) is 0. The molecule has 1 N–H and O–H groups in total. The number of nitrogens with one attached hydrogen (secondary N) is 1. The Bertz CT molecular complexity index is 629. The Kier molecular flexibility index (Phi) is 4.74. The Morgan fingerprint density at radius 3 is 2.80 bits per heavy atom. The molecule has 1 heterocycles. The Labute approximate surface area is 126 Å². The molecule has 1 aromatic carbocycles. The van der Waals surface area contributed by atoms with Crippen molar-refractivity contribution in [1.82, 2.24) is 4.98 Å². The van der Waals surface area contributed by atoms with Gasteiger partial charge >= 0.3 is 0 Å². The number of carbonyl (C=O) groups is 1. The number of halogens is 1. The summed E-state index contributed by atoms with van der Waals surface area (Å²) in [6.07, 6.45) is 0. The number of benzene rings is 1. The van der Waals surface area contributed by atoms with Crippen LogP contribution in [0.1, 0.15) is 23.0 Å². The molecule has 0 radical (unpaired) electrons. The summed E-state index contributed by atoms with van der Waals surface area (Å²) in [6, 6.07) is 10.8. The van der Waals surface area contributed by atoms with E-state index in [2.05, 4.69) is 26.2 Å². The fourth-order valence-electron chi connectivity index (χ4n) is 1.75. The molecule has 0 saturated carbocycles. The Hall–Kier alpha value is -1.88. The zero-order valence-corrected chi connectivity index (χ0v) is 12.9. The minimum absolute atomic E-state index is 0.237. The predicted molar refractivity (Wildman–Crippen MR) is 82.2 cm³/mol. The van der Waals surface area contributed by atoms with Crippen molar-refractivity contribution in [3.05, 3.63) is 52.3 Å². The highest BCUT2D eigenvalue weighted by atomic mass is 79.9. The van der Waals surface area contributed by atoms with Crippen LogP contribution in [0.5, 0.6) is 5.75 Å². The van der Waals surface area contributed by atoms with Gasteiger partial charge in [0.1, 0.15) is 16.0 Å². The molecular weight excluding hydrogens is 320 g/mol. The summed E-state index contributed by atoms with van der Waals surface area (Å²) in [5.74, 6) is 0.558. The van der Waals surface area contributed by atoms with Gasteiger partial charge in [0.15, 0.2) is 0 Å². The van der Waals surface area contributed by atoms with Crippen LogP contribution < -0.4 is 10.1 Å². The van der Waals surface area contributed by atoms with Crippen LogP contribution in [0.2, 0.25) is 0 Å². The van der Waals surface area contributed by atoms with E-state index >= 15 is 0 Å². The lowest BCUT2D eigenvalue weighted by Gasteiger charge is -2.10. The van der Waals surface area contributed by atoms with E-state index in [0.29, 0.717) is 16.9 Å². The monoisotopic (exact) mass is 334 g/mol. The van der Waals surface area contributed by atoms with Gasteiger partial charge in [0, 0.05) is 5.69 Å². The second-order valence-corrected chi connectivity index (χ2v) is 5.02. The number of ether oxygens (including phenoxy) is 1. The van der Waals surface area contributed by atoms with Crippen LogP contribution in [0.25, 0.3) is 0 Å². The number of aryl methyl sites for hydroxylation is 1. The Balaban J connectivity index is 2.15. The number of hydrogen-bond donors (Lipinski definition) is 1. The van der Waals surface area contributed by atoms with Gasteiger partial charge in [-0.1, -0.05) is 6.07 Å². The molecule has 5 heteroatoms. The fourth-order valence-corrected chi connectivity index (χ4v) is 2.10. The highest BCUT2D eigenvalue weighted by Gasteiger charge is 2.10. The molecule has 4 nitrogen and oxygen atoms in total. The first-order valence-corrected chi connectivity index (χ1v) is 7.07. The molecule has 0 fully saturated rings. The lowest BCUT2D eigenvalue weighted by molar-refractivity contribution is 0.102. The quantitative estimate of drug-likeness (QED) is 0.865. The number of amides is 1. The van der Waals surface area contributed by atoms with Gasteiger partial charge in [-0.3, -0.25) is 4.79 Å². The summed E-state index contributed by atoms with van der Waals surface area (Å²) >= 11 is 3.25. The van der Waals surface area contributed by atoms with Crippen LogP contribution in [0.3, 0.4) is 0 Å². The molecule has 0 bridgehead atoms. The van der Waals surface area contributed by atoms with Crippen LogP contribution >= 0.6 is 15.9 Å². The van der Waals surface area contributed by atoms with Crippen LogP contribution in [-0.4, -0.2) is 17.5 Å². The number of nitrogens with zero attached hydrogens (tertiary/aromatic N) is 1. The predicted octanol–water partition coefficient (Wildman–Crippen LogP) is 3.80. The van der Waals surface area contributed by atoms with E-state index in [1.807, 2.05) is 32.0 Å². The standard InChI is InChI=1S/C15H15BrN2O2/c1-3-20-11-7-8-12(10(2)9-11)18-15(19)13-5-4-6-14(16)17-13/h4-9H,3H2,1-2H3,(H,18,19). The summed E-state index contributed by atoms with van der Waals surface area (Å²) in [5.41, 5.74) is 2.06. The van der Waals surface area contributed by atoms with Crippen LogP contribution in [-0.2, 0) is 0 Å². The van der Waals surface area contributed by atoms with Crippen molar-refractivity contribution in [3.63, 3.8) is 0 Å². The minimum atomic E-state index is -0.237. The molecule has 1 amide bonds. The van der Waals surface area contributed by atoms with E-state index < -0.39 is 0 Å². The van der Waals surface area contributed by atoms with Crippen LogP contribution in [0.4, 0.5) is 5.69 Å². The van der Waals surface area contributed by atoms with Gasteiger partial charge in [0.2, 0.25) is 0 Å². The topological polar surface area (TPSA) is 51.2 Å². The van der Waals surface area contributed by atoms with E-state index in [9.17, 15) is 4.79 Å². The number of hydrogen-bond acceptors (Lipinski definition) is 3. The lowest BCUT2D eigenvalue weighted by Crippen LogP contribution is -2.14. The van der Waals surface area contributed by atoms with Crippen molar-refractivity contribution in [2.45, 2.75) is 13.8 Å². The van der Waals surface area contributed by atoms with Crippen molar-refractivity contribution < 1.29 is 9.53 Å². The number of carbonyl (C=O) groups excluding carboxylic acids is 1. The SMILES string of the molecule is CCOc1ccc(NC(=O)c2cccc(Br)n2)c(C)c1. The minimum Gasteiger partial charge on any atom is -0.494 e. The molecule has 1 aromatic heterocycles. The third-order valence-electron chi connectivity index (χ3n) is 2.70. The van der Waals surface area contributed by atoms with E-state index in [4.69, 9.17) is 4.74 Å². The maximum Gasteiger partial charge on any atom is 0.274 e. The molecule has 2 rings (SSSR count). The van der Waals surface area contributed by atoms with Gasteiger partial charge in [-0.25, -0.2) is 4.98 Å². The fraction of sp³-hybridized carbons (Fsp3) is 0.200. The lowest BCUT2D eigenvalue weighted by atomic mass is 10.2. The van der Waals surface area contributed by atoms with Crippen molar-refractivity contribution in [3.8, 4) is 5.75 Å². The van der Waals surface area contributed by atoms with Gasteiger partial charge in [-0.2, -0.15) is 0 Å². The van der Waals surface area contributed by atoms with Gasteiger partial charge in [-0.15, -0.1) is 0 Å². The molecule has 0 atom stereocenters. The van der Waals surface area contributed by atoms with Crippen LogP contribution in [0.15, 0.2) is 41.0 Å². The summed E-state index contributed by atoms with van der Waals surface area (Å²) in [6.45, 7) is 4.48. The highest BCUT2D eigenvalue weighted by Crippen LogP contribution is 2.22. The Morgan fingerprint density at radius 1 is 1.35 bits per heavy atom. The van der Waals surface area contributed by atoms with E-state index in [-0.39, 0.29) is 5.91 Å². The second-order valence-electron chi connectivity index (χ2n) is 4.21. The summed E-state index contributed by atoms with van der Waals surface area (Å²) in [5, 5.41) is 2.85. The van der Waals surface area contributed by atoms with Crippen molar-refractivity contribution >= 4 is 27.5 Å². The van der Waals surface area contributed by atoms with Crippen LogP contribution in [0, 0.1) is 6.92 Å². The molecule has 0 aliphatic carbocycles. The summed E-state index contributed by atoms with van der Waals surface area (Å²) in [4.78, 5) is 16.2. The van der Waals surface area contributed by atoms with Gasteiger partial charge in [0.05, 0.1) is 6.61 Å². The van der Waals surface area contributed by atoms with Crippen molar-refractivity contribution in [1.29, 1.82) is 0 Å². The molecule has 20 heavy (non-hydrogen) atoms. The average Bonchev–Trinajstić information content (AvgIpc) is 2.42. The number of aromatic nitrogens is 1. The van der Waals surface area contributed by atoms with Crippen molar-refractivity contribution in [2.75, 3.05) is 11.9 Å². The highest BCUT2D eigenvalue weighted by molar-refractivity contribution is 9.10. The first-order valence-electron chi connectivity index (χ1n) is 6.27. The van der Waals surface area contributed by atoms with Gasteiger partial charge < -0.3 is 10.1 Å². The third kappa shape index (κ3) is 3.57. The molecule has 0 aliphatic heterocycles. The molecule has 0 unspecified atom stereocenters. The molecule has 0 spiro atoms. The average molecular weight is 335 g/mol. The molecular formula is C15H15BrN2O2. The number of rotatable bonds is 4. The number of pyridine rings is 1. The van der Waals surface area contributed by atoms with E-state index in [1.165, 1.54) is 0 Å². The van der Waals surface area contributed by atoms with Gasteiger partial charge in [-0.05, 0) is 65.7 Å². The molecule has 104 valence electrons. The number of anilines is 1.